The number of hydrogen-bond donors (Lipinski definition) is 2. The van der Waals surface area contributed by atoms with Gasteiger partial charge in [0, 0.05) is 18.3 Å². The van der Waals surface area contributed by atoms with E-state index in [4.69, 9.17) is 0 Å². The summed E-state index contributed by atoms with van der Waals surface area (Å²) in [5.74, 6) is -0.819. The van der Waals surface area contributed by atoms with Crippen LogP contribution in [-0.4, -0.2) is 41.3 Å². The minimum Gasteiger partial charge on any atom is -0.469 e. The molecule has 31 heavy (non-hydrogen) atoms. The number of allylic oxidation sites excluding steroid dienone is 2. The molecule has 170 valence electrons. The minimum absolute atomic E-state index is 0.0487. The number of carbonyl (C=O) groups is 2. The van der Waals surface area contributed by atoms with E-state index in [2.05, 4.69) is 4.74 Å². The molecular weight excluding hydrogens is 392 g/mol. The summed E-state index contributed by atoms with van der Waals surface area (Å²) in [5.41, 5.74) is 0.357. The second-order valence-electron chi connectivity index (χ2n) is 8.87. The number of methoxy groups -OCH3 is 1. The summed E-state index contributed by atoms with van der Waals surface area (Å²) in [5, 5.41) is 21.2. The van der Waals surface area contributed by atoms with E-state index in [1.807, 2.05) is 48.6 Å². The fourth-order valence-electron chi connectivity index (χ4n) is 4.14. The van der Waals surface area contributed by atoms with E-state index in [9.17, 15) is 19.8 Å². The quantitative estimate of drug-likeness (QED) is 0.316. The van der Waals surface area contributed by atoms with E-state index in [0.717, 1.165) is 12.8 Å². The number of hydrogen-bond acceptors (Lipinski definition) is 5. The molecule has 1 aromatic carbocycles. The number of benzene rings is 1. The van der Waals surface area contributed by atoms with Gasteiger partial charge in [0.05, 0.1) is 24.7 Å². The van der Waals surface area contributed by atoms with E-state index in [-0.39, 0.29) is 23.6 Å². The summed E-state index contributed by atoms with van der Waals surface area (Å²) in [6.45, 7) is 3.57. The van der Waals surface area contributed by atoms with Crippen molar-refractivity contribution in [3.8, 4) is 0 Å². The number of rotatable bonds is 11. The van der Waals surface area contributed by atoms with Crippen LogP contribution >= 0.6 is 0 Å². The van der Waals surface area contributed by atoms with Gasteiger partial charge in [0.2, 0.25) is 0 Å². The summed E-state index contributed by atoms with van der Waals surface area (Å²) in [6, 6.07) is 9.99. The molecule has 2 N–H and O–H groups in total. The van der Waals surface area contributed by atoms with Crippen molar-refractivity contribution in [1.29, 1.82) is 0 Å². The van der Waals surface area contributed by atoms with Crippen LogP contribution in [0.1, 0.15) is 51.5 Å². The fourth-order valence-corrected chi connectivity index (χ4v) is 4.14. The summed E-state index contributed by atoms with van der Waals surface area (Å²) in [4.78, 5) is 24.1. The Hall–Kier alpha value is -2.24. The van der Waals surface area contributed by atoms with Crippen molar-refractivity contribution in [3.05, 3.63) is 60.2 Å². The zero-order chi connectivity index (χ0) is 22.9. The van der Waals surface area contributed by atoms with Gasteiger partial charge in [-0.1, -0.05) is 68.5 Å². The highest BCUT2D eigenvalue weighted by Gasteiger charge is 2.52. The normalized spacial score (nSPS) is 24.2. The van der Waals surface area contributed by atoms with Gasteiger partial charge < -0.3 is 14.9 Å². The van der Waals surface area contributed by atoms with Crippen molar-refractivity contribution in [2.45, 2.75) is 64.6 Å². The Bertz CT molecular complexity index is 765. The lowest BCUT2D eigenvalue weighted by Gasteiger charge is -2.22. The first-order chi connectivity index (χ1) is 14.8. The number of aryl methyl sites for hydroxylation is 1. The van der Waals surface area contributed by atoms with E-state index < -0.39 is 17.6 Å². The van der Waals surface area contributed by atoms with E-state index >= 15 is 0 Å². The largest absolute Gasteiger partial charge is 0.469 e. The summed E-state index contributed by atoms with van der Waals surface area (Å²) >= 11 is 0. The predicted octanol–water partition coefficient (Wildman–Crippen LogP) is 4.03. The predicted molar refractivity (Wildman–Crippen MR) is 121 cm³/mol. The molecular formula is C26H36O5. The molecule has 1 aliphatic carbocycles. The van der Waals surface area contributed by atoms with Gasteiger partial charge in [0.1, 0.15) is 5.78 Å². The van der Waals surface area contributed by atoms with Gasteiger partial charge in [-0.2, -0.15) is 0 Å². The molecule has 2 rings (SSSR count). The summed E-state index contributed by atoms with van der Waals surface area (Å²) < 4.78 is 4.63. The third-order valence-corrected chi connectivity index (χ3v) is 6.20. The van der Waals surface area contributed by atoms with Gasteiger partial charge >= 0.3 is 5.97 Å². The second kappa shape index (κ2) is 12.0. The third kappa shape index (κ3) is 7.15. The number of carbonyl (C=O) groups excluding carboxylic acids is 2. The van der Waals surface area contributed by atoms with E-state index in [1.54, 1.807) is 19.9 Å². The van der Waals surface area contributed by atoms with Gasteiger partial charge in [0.15, 0.2) is 0 Å². The monoisotopic (exact) mass is 428 g/mol. The van der Waals surface area contributed by atoms with Gasteiger partial charge in [-0.3, -0.25) is 9.59 Å². The lowest BCUT2D eigenvalue weighted by atomic mass is 9.86. The molecule has 5 heteroatoms. The highest BCUT2D eigenvalue weighted by Crippen LogP contribution is 2.44. The molecule has 0 amide bonds. The molecule has 1 saturated carbocycles. The van der Waals surface area contributed by atoms with Crippen molar-refractivity contribution in [2.75, 3.05) is 7.11 Å². The van der Waals surface area contributed by atoms with Crippen LogP contribution in [0.3, 0.4) is 0 Å². The molecule has 0 heterocycles. The zero-order valence-electron chi connectivity index (χ0n) is 18.9. The number of unbranched alkanes of at least 4 members (excludes halogenated alkanes) is 1. The van der Waals surface area contributed by atoms with Crippen LogP contribution in [0.25, 0.3) is 0 Å². The van der Waals surface area contributed by atoms with Crippen LogP contribution in [0, 0.1) is 17.3 Å². The van der Waals surface area contributed by atoms with Crippen molar-refractivity contribution >= 4 is 11.8 Å². The maximum absolute atomic E-state index is 12.9. The van der Waals surface area contributed by atoms with Crippen LogP contribution in [0.5, 0.6) is 0 Å². The first kappa shape index (κ1) is 25.0. The Morgan fingerprint density at radius 2 is 1.94 bits per heavy atom. The molecule has 4 atom stereocenters. The molecule has 0 radical (unpaired) electrons. The Labute approximate surface area is 185 Å². The smallest absolute Gasteiger partial charge is 0.305 e. The minimum atomic E-state index is -0.812. The average Bonchev–Trinajstić information content (AvgIpc) is 2.93. The SMILES string of the molecule is COC(=O)CCCC=CC[C@H]1C(=O)C(C)(C)[C@@H](O)[C@@H]1C=C[C@@H](O)CCc1ccccc1. The Kier molecular flexibility index (Phi) is 9.66. The molecule has 0 saturated heterocycles. The third-order valence-electron chi connectivity index (χ3n) is 6.20. The molecule has 0 aliphatic heterocycles. The second-order valence-corrected chi connectivity index (χ2v) is 8.87. The number of Topliss-reactive ketones (excluding diaryl/α,β-unsaturated/α-hetero) is 1. The van der Waals surface area contributed by atoms with E-state index in [0.29, 0.717) is 25.7 Å². The standard InChI is InChI=1S/C26H36O5/c1-26(2)24(29)21(13-9-4-5-10-14-23(28)31-3)22(25(26)30)18-17-20(27)16-15-19-11-7-6-8-12-19/h4,6-9,11-12,17-18,20-22,25,27,30H,5,10,13-16H2,1-3H3/t20-,21+,22+,25-/m0/s1. The van der Waals surface area contributed by atoms with Crippen molar-refractivity contribution < 1.29 is 24.5 Å². The highest BCUT2D eigenvalue weighted by molar-refractivity contribution is 5.90. The average molecular weight is 429 g/mol. The van der Waals surface area contributed by atoms with E-state index in [1.165, 1.54) is 12.7 Å². The molecule has 1 fully saturated rings. The first-order valence-corrected chi connectivity index (χ1v) is 11.1. The maximum atomic E-state index is 12.9. The molecule has 1 aromatic rings. The maximum Gasteiger partial charge on any atom is 0.305 e. The molecule has 0 bridgehead atoms. The topological polar surface area (TPSA) is 83.8 Å². The van der Waals surface area contributed by atoms with Crippen LogP contribution in [0.15, 0.2) is 54.6 Å². The fraction of sp³-hybridized carbons (Fsp3) is 0.538. The van der Waals surface area contributed by atoms with Crippen LogP contribution in [0.2, 0.25) is 0 Å². The Morgan fingerprint density at radius 3 is 2.61 bits per heavy atom. The van der Waals surface area contributed by atoms with Crippen molar-refractivity contribution in [1.82, 2.24) is 0 Å². The van der Waals surface area contributed by atoms with Crippen LogP contribution in [-0.2, 0) is 20.7 Å². The lowest BCUT2D eigenvalue weighted by molar-refractivity contribution is -0.140. The van der Waals surface area contributed by atoms with Crippen molar-refractivity contribution in [3.63, 3.8) is 0 Å². The first-order valence-electron chi connectivity index (χ1n) is 11.1. The number of ether oxygens (including phenoxy) is 1. The van der Waals surface area contributed by atoms with Gasteiger partial charge in [-0.15, -0.1) is 0 Å². The summed E-state index contributed by atoms with van der Waals surface area (Å²) in [7, 11) is 1.38. The molecule has 1 aliphatic rings. The Balaban J connectivity index is 1.93. The number of aliphatic hydroxyl groups is 2. The number of aliphatic hydroxyl groups excluding tert-OH is 2. The summed E-state index contributed by atoms with van der Waals surface area (Å²) in [6.07, 6.45) is 9.77. The van der Waals surface area contributed by atoms with Gasteiger partial charge in [-0.25, -0.2) is 0 Å². The lowest BCUT2D eigenvalue weighted by Crippen LogP contribution is -2.31. The number of esters is 1. The molecule has 5 nitrogen and oxygen atoms in total. The zero-order valence-corrected chi connectivity index (χ0v) is 18.9. The van der Waals surface area contributed by atoms with Crippen molar-refractivity contribution in [2.24, 2.45) is 17.3 Å². The van der Waals surface area contributed by atoms with Gasteiger partial charge in [0.25, 0.3) is 0 Å². The van der Waals surface area contributed by atoms with Crippen LogP contribution in [0.4, 0.5) is 0 Å². The van der Waals surface area contributed by atoms with Crippen LogP contribution < -0.4 is 0 Å². The van der Waals surface area contributed by atoms with Gasteiger partial charge in [-0.05, 0) is 37.7 Å². The molecule has 0 aromatic heterocycles. The Morgan fingerprint density at radius 1 is 1.23 bits per heavy atom. The molecule has 0 spiro atoms. The molecule has 0 unspecified atom stereocenters. The number of ketones is 1. The highest BCUT2D eigenvalue weighted by atomic mass is 16.5.